The minimum Gasteiger partial charge on any atom is -0.490 e. The second kappa shape index (κ2) is 5.63. The number of rotatable bonds is 3. The highest BCUT2D eigenvalue weighted by Gasteiger charge is 2.39. The number of halogens is 1. The van der Waals surface area contributed by atoms with Gasteiger partial charge in [-0.2, -0.15) is 0 Å². The number of aliphatic hydroxyl groups excluding tert-OH is 1. The molecule has 2 heterocycles. The first kappa shape index (κ1) is 15.4. The van der Waals surface area contributed by atoms with Gasteiger partial charge in [-0.1, -0.05) is 11.6 Å². The molecule has 0 fully saturated rings. The van der Waals surface area contributed by atoms with E-state index in [4.69, 9.17) is 25.8 Å². The molecule has 3 atom stereocenters. The molecule has 3 rings (SSSR count). The molecule has 3 unspecified atom stereocenters. The first-order chi connectivity index (χ1) is 10.4. The van der Waals surface area contributed by atoms with Gasteiger partial charge in [0, 0.05) is 29.5 Å². The predicted molar refractivity (Wildman–Crippen MR) is 80.6 cm³/mol. The van der Waals surface area contributed by atoms with Crippen molar-refractivity contribution in [2.24, 2.45) is 0 Å². The lowest BCUT2D eigenvalue weighted by molar-refractivity contribution is -0.153. The number of hydrogen-bond donors (Lipinski definition) is 1. The molecule has 1 aromatic carbocycles. The third kappa shape index (κ3) is 2.32. The molecule has 2 aliphatic heterocycles. The molecule has 1 N–H and O–H groups in total. The van der Waals surface area contributed by atoms with E-state index in [1.54, 1.807) is 6.92 Å². The molecule has 0 aromatic heterocycles. The van der Waals surface area contributed by atoms with Gasteiger partial charge in [0.25, 0.3) is 0 Å². The first-order valence-electron chi connectivity index (χ1n) is 7.49. The molecule has 1 aromatic rings. The minimum absolute atomic E-state index is 0.0550. The van der Waals surface area contributed by atoms with E-state index in [0.29, 0.717) is 34.9 Å². The summed E-state index contributed by atoms with van der Waals surface area (Å²) < 4.78 is 16.5. The normalized spacial score (nSPS) is 23.3. The topological polar surface area (TPSA) is 65.0 Å². The van der Waals surface area contributed by atoms with Crippen LogP contribution in [0.1, 0.15) is 43.6 Å². The highest BCUT2D eigenvalue weighted by molar-refractivity contribution is 6.33. The van der Waals surface area contributed by atoms with Gasteiger partial charge in [0.15, 0.2) is 6.10 Å². The minimum atomic E-state index is -1.39. The van der Waals surface area contributed by atoms with Crippen molar-refractivity contribution in [3.63, 3.8) is 0 Å². The van der Waals surface area contributed by atoms with Crippen molar-refractivity contribution in [3.8, 4) is 11.5 Å². The van der Waals surface area contributed by atoms with E-state index in [-0.39, 0.29) is 18.8 Å². The van der Waals surface area contributed by atoms with E-state index in [9.17, 15) is 9.90 Å². The maximum atomic E-state index is 12.0. The van der Waals surface area contributed by atoms with Gasteiger partial charge in [0.05, 0.1) is 11.6 Å². The van der Waals surface area contributed by atoms with Gasteiger partial charge in [-0.25, -0.2) is 4.79 Å². The largest absolute Gasteiger partial charge is 0.490 e. The van der Waals surface area contributed by atoms with Gasteiger partial charge in [0.2, 0.25) is 0 Å². The van der Waals surface area contributed by atoms with Gasteiger partial charge in [0.1, 0.15) is 23.7 Å². The van der Waals surface area contributed by atoms with Crippen LogP contribution in [0.25, 0.3) is 0 Å². The van der Waals surface area contributed by atoms with Crippen LogP contribution in [0.2, 0.25) is 5.02 Å². The molecule has 0 aliphatic carbocycles. The van der Waals surface area contributed by atoms with E-state index in [1.165, 1.54) is 0 Å². The fraction of sp³-hybridized carbons (Fsp3) is 0.562. The van der Waals surface area contributed by atoms with Gasteiger partial charge >= 0.3 is 5.97 Å². The zero-order valence-electron chi connectivity index (χ0n) is 12.8. The monoisotopic (exact) mass is 326 g/mol. The summed E-state index contributed by atoms with van der Waals surface area (Å²) in [5.74, 6) is 0.385. The van der Waals surface area contributed by atoms with Gasteiger partial charge < -0.3 is 19.3 Å². The van der Waals surface area contributed by atoms with Crippen molar-refractivity contribution in [1.82, 2.24) is 0 Å². The summed E-state index contributed by atoms with van der Waals surface area (Å²) in [5, 5.41) is 11.0. The summed E-state index contributed by atoms with van der Waals surface area (Å²) >= 11 is 6.44. The fourth-order valence-corrected chi connectivity index (χ4v) is 3.44. The third-order valence-corrected chi connectivity index (χ3v) is 4.39. The van der Waals surface area contributed by atoms with Crippen LogP contribution in [-0.4, -0.2) is 29.9 Å². The fourth-order valence-electron chi connectivity index (χ4n) is 3.12. The Labute approximate surface area is 134 Å². The van der Waals surface area contributed by atoms with Gasteiger partial charge in [-0.15, -0.1) is 0 Å². The average Bonchev–Trinajstić information content (AvgIpc) is 3.02. The Morgan fingerprint density at radius 2 is 1.86 bits per heavy atom. The highest BCUT2D eigenvalue weighted by Crippen LogP contribution is 2.51. The van der Waals surface area contributed by atoms with Crippen LogP contribution in [0.5, 0.6) is 11.5 Å². The quantitative estimate of drug-likeness (QED) is 0.865. The van der Waals surface area contributed by atoms with Crippen molar-refractivity contribution in [3.05, 3.63) is 21.7 Å². The van der Waals surface area contributed by atoms with E-state index in [0.717, 1.165) is 11.1 Å². The lowest BCUT2D eigenvalue weighted by Crippen LogP contribution is -2.18. The second-order valence-electron chi connectivity index (χ2n) is 5.76. The van der Waals surface area contributed by atoms with Crippen molar-refractivity contribution in [1.29, 1.82) is 0 Å². The molecule has 2 aliphatic rings. The summed E-state index contributed by atoms with van der Waals surface area (Å²) in [6.07, 6.45) is -0.298. The summed E-state index contributed by atoms with van der Waals surface area (Å²) in [7, 11) is 0. The van der Waals surface area contributed by atoms with Crippen LogP contribution in [0, 0.1) is 0 Å². The standard InChI is InChI=1S/C16H19ClO5/c1-4-20-16(19)13(18)11-9-5-7(2)22-15(9)12(17)10-6-8(3)21-14(10)11/h7-8,13,18H,4-6H2,1-3H3. The third-order valence-electron chi connectivity index (χ3n) is 3.99. The van der Waals surface area contributed by atoms with E-state index >= 15 is 0 Å². The smallest absolute Gasteiger partial charge is 0.339 e. The zero-order chi connectivity index (χ0) is 16.0. The molecule has 0 saturated heterocycles. The number of aliphatic hydroxyl groups is 1. The molecule has 0 radical (unpaired) electrons. The molecule has 6 heteroatoms. The Morgan fingerprint density at radius 1 is 1.27 bits per heavy atom. The number of ether oxygens (including phenoxy) is 3. The van der Waals surface area contributed by atoms with Crippen LogP contribution >= 0.6 is 11.6 Å². The highest BCUT2D eigenvalue weighted by atomic mass is 35.5. The maximum absolute atomic E-state index is 12.0. The number of benzene rings is 1. The summed E-state index contributed by atoms with van der Waals surface area (Å²) in [6.45, 7) is 5.75. The molecule has 120 valence electrons. The zero-order valence-corrected chi connectivity index (χ0v) is 13.6. The lowest BCUT2D eigenvalue weighted by Gasteiger charge is -2.18. The molecule has 0 spiro atoms. The first-order valence-corrected chi connectivity index (χ1v) is 7.86. The summed E-state index contributed by atoms with van der Waals surface area (Å²) in [4.78, 5) is 12.0. The summed E-state index contributed by atoms with van der Waals surface area (Å²) in [5.41, 5.74) is 1.98. The Kier molecular flexibility index (Phi) is 3.95. The molecule has 5 nitrogen and oxygen atoms in total. The molecular weight excluding hydrogens is 308 g/mol. The maximum Gasteiger partial charge on any atom is 0.339 e. The molecular formula is C16H19ClO5. The van der Waals surface area contributed by atoms with Crippen LogP contribution < -0.4 is 9.47 Å². The average molecular weight is 327 g/mol. The van der Waals surface area contributed by atoms with E-state index < -0.39 is 12.1 Å². The Hall–Kier alpha value is -1.46. The van der Waals surface area contributed by atoms with Crippen molar-refractivity contribution >= 4 is 17.6 Å². The van der Waals surface area contributed by atoms with Crippen LogP contribution in [0.15, 0.2) is 0 Å². The van der Waals surface area contributed by atoms with Gasteiger partial charge in [-0.05, 0) is 20.8 Å². The predicted octanol–water partition coefficient (Wildman–Crippen LogP) is 2.58. The number of esters is 1. The number of hydrogen-bond acceptors (Lipinski definition) is 5. The van der Waals surface area contributed by atoms with E-state index in [1.807, 2.05) is 13.8 Å². The van der Waals surface area contributed by atoms with Crippen LogP contribution in [0.3, 0.4) is 0 Å². The number of carbonyl (C=O) groups excluding carboxylic acids is 1. The van der Waals surface area contributed by atoms with Crippen molar-refractivity contribution in [2.45, 2.75) is 51.9 Å². The number of carbonyl (C=O) groups is 1. The van der Waals surface area contributed by atoms with Crippen LogP contribution in [-0.2, 0) is 22.4 Å². The van der Waals surface area contributed by atoms with Gasteiger partial charge in [-0.3, -0.25) is 0 Å². The lowest BCUT2D eigenvalue weighted by atomic mass is 9.94. The molecule has 0 saturated carbocycles. The molecule has 0 bridgehead atoms. The summed E-state index contributed by atoms with van der Waals surface area (Å²) in [6, 6.07) is 0. The van der Waals surface area contributed by atoms with Crippen LogP contribution in [0.4, 0.5) is 0 Å². The SMILES string of the molecule is CCOC(=O)C(O)c1c2c(c(Cl)c3c1OC(C)C3)OC(C)C2. The van der Waals surface area contributed by atoms with Crippen molar-refractivity contribution < 1.29 is 24.1 Å². The second-order valence-corrected chi connectivity index (χ2v) is 6.14. The Balaban J connectivity index is 2.15. The van der Waals surface area contributed by atoms with E-state index in [2.05, 4.69) is 0 Å². The van der Waals surface area contributed by atoms with Crippen molar-refractivity contribution in [2.75, 3.05) is 6.61 Å². The number of fused-ring (bicyclic) bond motifs is 2. The Bertz CT molecular complexity index is 588. The Morgan fingerprint density at radius 3 is 2.50 bits per heavy atom. The molecule has 22 heavy (non-hydrogen) atoms. The molecule has 0 amide bonds.